The minimum Gasteiger partial charge on any atom is -0.381 e. The smallest absolute Gasteiger partial charge is 0.187 e. The van der Waals surface area contributed by atoms with Crippen molar-refractivity contribution in [3.05, 3.63) is 58.8 Å². The van der Waals surface area contributed by atoms with Gasteiger partial charge in [-0.2, -0.15) is 0 Å². The van der Waals surface area contributed by atoms with Gasteiger partial charge in [0, 0.05) is 25.7 Å². The van der Waals surface area contributed by atoms with Crippen molar-refractivity contribution in [2.75, 3.05) is 13.2 Å². The molecule has 1 saturated heterocycles. The first-order valence-corrected chi connectivity index (χ1v) is 8.85. The Balaban J connectivity index is 1.41. The number of benzene rings is 1. The molecule has 1 aromatic carbocycles. The van der Waals surface area contributed by atoms with Crippen LogP contribution in [0.4, 0.5) is 5.69 Å². The Morgan fingerprint density at radius 3 is 2.73 bits per heavy atom. The Kier molecular flexibility index (Phi) is 6.53. The van der Waals surface area contributed by atoms with E-state index in [0.29, 0.717) is 36.1 Å². The average Bonchev–Trinajstić information content (AvgIpc) is 3.16. The van der Waals surface area contributed by atoms with E-state index in [2.05, 4.69) is 10.0 Å². The summed E-state index contributed by atoms with van der Waals surface area (Å²) < 4.78 is 16.1. The van der Waals surface area contributed by atoms with Gasteiger partial charge in [-0.15, -0.1) is 0 Å². The molecule has 2 heterocycles. The molecule has 0 aliphatic carbocycles. The maximum atomic E-state index is 12.2. The molecule has 1 aliphatic heterocycles. The number of carbonyl (C=O) groups excluding carboxylic acids is 1. The molecule has 6 heteroatoms. The number of ketones is 1. The van der Waals surface area contributed by atoms with E-state index in [1.54, 1.807) is 18.2 Å². The number of rotatable bonds is 8. The molecular weight excluding hydrogens is 332 g/mol. The van der Waals surface area contributed by atoms with Crippen LogP contribution in [0, 0.1) is 12.5 Å². The minimum atomic E-state index is 0.0150. The molecule has 0 radical (unpaired) electrons. The Morgan fingerprint density at radius 2 is 2.00 bits per heavy atom. The van der Waals surface area contributed by atoms with Gasteiger partial charge in [-0.25, -0.2) is 4.85 Å². The van der Waals surface area contributed by atoms with E-state index in [9.17, 15) is 4.79 Å². The molecule has 1 aliphatic rings. The number of aromatic nitrogens is 1. The number of nitrogens with zero attached hydrogens (tertiary/aromatic N) is 2. The van der Waals surface area contributed by atoms with Gasteiger partial charge >= 0.3 is 0 Å². The summed E-state index contributed by atoms with van der Waals surface area (Å²) in [6.45, 7) is 9.19. The second-order valence-electron chi connectivity index (χ2n) is 6.47. The molecule has 6 nitrogen and oxygen atoms in total. The van der Waals surface area contributed by atoms with Crippen molar-refractivity contribution < 1.29 is 18.8 Å². The third-order valence-electron chi connectivity index (χ3n) is 4.54. The van der Waals surface area contributed by atoms with Crippen LogP contribution in [0.1, 0.15) is 47.5 Å². The molecule has 0 N–H and O–H groups in total. The van der Waals surface area contributed by atoms with E-state index in [-0.39, 0.29) is 12.4 Å². The number of Topliss-reactive ketones (excluding diaryl/α,β-unsaturated/α-hetero) is 1. The highest BCUT2D eigenvalue weighted by atomic mass is 16.5. The topological polar surface area (TPSA) is 65.9 Å². The number of hydrogen-bond acceptors (Lipinski definition) is 5. The summed E-state index contributed by atoms with van der Waals surface area (Å²) in [5, 5.41) is 3.87. The van der Waals surface area contributed by atoms with Crippen molar-refractivity contribution in [3.63, 3.8) is 0 Å². The van der Waals surface area contributed by atoms with Crippen LogP contribution in [-0.2, 0) is 22.7 Å². The number of hydrogen-bond donors (Lipinski definition) is 0. The Bertz CT molecular complexity index is 755. The molecule has 3 rings (SSSR count). The lowest BCUT2D eigenvalue weighted by atomic mass is 9.93. The fourth-order valence-corrected chi connectivity index (χ4v) is 2.95. The highest BCUT2D eigenvalue weighted by Gasteiger charge is 2.18. The second-order valence-corrected chi connectivity index (χ2v) is 6.47. The van der Waals surface area contributed by atoms with Crippen LogP contribution >= 0.6 is 0 Å². The lowest BCUT2D eigenvalue weighted by molar-refractivity contribution is 0.0618. The third kappa shape index (κ3) is 5.25. The summed E-state index contributed by atoms with van der Waals surface area (Å²) in [5.74, 6) is 1.12. The van der Waals surface area contributed by atoms with Crippen LogP contribution in [0.15, 0.2) is 34.9 Å². The molecule has 1 aromatic heterocycles. The van der Waals surface area contributed by atoms with Gasteiger partial charge in [0.15, 0.2) is 17.2 Å². The third-order valence-corrected chi connectivity index (χ3v) is 4.54. The van der Waals surface area contributed by atoms with Crippen molar-refractivity contribution in [2.24, 2.45) is 5.92 Å². The van der Waals surface area contributed by atoms with Gasteiger partial charge in [-0.3, -0.25) is 4.79 Å². The zero-order chi connectivity index (χ0) is 18.2. The predicted octanol–water partition coefficient (Wildman–Crippen LogP) is 4.33. The van der Waals surface area contributed by atoms with Gasteiger partial charge in [0.25, 0.3) is 0 Å². The highest BCUT2D eigenvalue weighted by molar-refractivity contribution is 5.94. The molecule has 0 amide bonds. The normalized spacial score (nSPS) is 14.9. The Hall–Kier alpha value is -2.49. The zero-order valence-electron chi connectivity index (χ0n) is 14.6. The number of ether oxygens (including phenoxy) is 2. The van der Waals surface area contributed by atoms with E-state index in [0.717, 1.165) is 38.0 Å². The summed E-state index contributed by atoms with van der Waals surface area (Å²) in [7, 11) is 0. The Labute approximate surface area is 152 Å². The van der Waals surface area contributed by atoms with Crippen molar-refractivity contribution in [3.8, 4) is 0 Å². The zero-order valence-corrected chi connectivity index (χ0v) is 14.6. The largest absolute Gasteiger partial charge is 0.381 e. The summed E-state index contributed by atoms with van der Waals surface area (Å²) in [5.41, 5.74) is 1.95. The molecule has 26 heavy (non-hydrogen) atoms. The molecule has 0 unspecified atom stereocenters. The van der Waals surface area contributed by atoms with Crippen molar-refractivity contribution in [2.45, 2.75) is 38.9 Å². The lowest BCUT2D eigenvalue weighted by Crippen LogP contribution is -2.16. The van der Waals surface area contributed by atoms with E-state index < -0.39 is 0 Å². The van der Waals surface area contributed by atoms with Gasteiger partial charge in [-0.1, -0.05) is 29.4 Å². The first-order chi connectivity index (χ1) is 12.7. The quantitative estimate of drug-likeness (QED) is 0.521. The van der Waals surface area contributed by atoms with E-state index in [4.69, 9.17) is 20.6 Å². The van der Waals surface area contributed by atoms with E-state index >= 15 is 0 Å². The molecular formula is C20H22N2O4. The standard InChI is InChI=1S/C20H22N2O4/c1-21-17-5-2-16(3-6-17)13-25-14-18-12-19(22-26-18)20(23)7-4-15-8-10-24-11-9-15/h2-3,5-6,12,15H,4,7-11,13-14H2. The number of carbonyl (C=O) groups is 1. The van der Waals surface area contributed by atoms with Crippen LogP contribution in [0.2, 0.25) is 0 Å². The Morgan fingerprint density at radius 1 is 1.23 bits per heavy atom. The molecule has 1 fully saturated rings. The van der Waals surface area contributed by atoms with Crippen molar-refractivity contribution in [1.29, 1.82) is 0 Å². The van der Waals surface area contributed by atoms with Crippen LogP contribution in [0.3, 0.4) is 0 Å². The minimum absolute atomic E-state index is 0.0150. The summed E-state index contributed by atoms with van der Waals surface area (Å²) in [4.78, 5) is 15.6. The molecule has 0 atom stereocenters. The SMILES string of the molecule is [C-]#[N+]c1ccc(COCc2cc(C(=O)CCC3CCOCC3)no2)cc1. The van der Waals surface area contributed by atoms with Crippen LogP contribution in [0.5, 0.6) is 0 Å². The predicted molar refractivity (Wildman–Crippen MR) is 94.8 cm³/mol. The maximum Gasteiger partial charge on any atom is 0.187 e. The average molecular weight is 354 g/mol. The monoisotopic (exact) mass is 354 g/mol. The van der Waals surface area contributed by atoms with Gasteiger partial charge in [0.2, 0.25) is 0 Å². The first kappa shape index (κ1) is 18.3. The highest BCUT2D eigenvalue weighted by Crippen LogP contribution is 2.21. The first-order valence-electron chi connectivity index (χ1n) is 8.85. The van der Waals surface area contributed by atoms with Crippen LogP contribution in [0.25, 0.3) is 4.85 Å². The van der Waals surface area contributed by atoms with Gasteiger partial charge in [0.1, 0.15) is 12.3 Å². The van der Waals surface area contributed by atoms with Gasteiger partial charge < -0.3 is 14.0 Å². The molecule has 0 bridgehead atoms. The lowest BCUT2D eigenvalue weighted by Gasteiger charge is -2.21. The van der Waals surface area contributed by atoms with E-state index in [1.807, 2.05) is 12.1 Å². The van der Waals surface area contributed by atoms with Crippen molar-refractivity contribution >= 4 is 11.5 Å². The molecule has 0 spiro atoms. The molecule has 2 aromatic rings. The van der Waals surface area contributed by atoms with Crippen molar-refractivity contribution in [1.82, 2.24) is 5.16 Å². The summed E-state index contributed by atoms with van der Waals surface area (Å²) >= 11 is 0. The van der Waals surface area contributed by atoms with E-state index in [1.165, 1.54) is 0 Å². The fraction of sp³-hybridized carbons (Fsp3) is 0.450. The summed E-state index contributed by atoms with van der Waals surface area (Å²) in [6.07, 6.45) is 3.43. The second kappa shape index (κ2) is 9.27. The maximum absolute atomic E-state index is 12.2. The van der Waals surface area contributed by atoms with Gasteiger partial charge in [-0.05, 0) is 30.7 Å². The van der Waals surface area contributed by atoms with Crippen LogP contribution in [-0.4, -0.2) is 24.2 Å². The summed E-state index contributed by atoms with van der Waals surface area (Å²) in [6, 6.07) is 8.90. The van der Waals surface area contributed by atoms with Crippen LogP contribution < -0.4 is 0 Å². The fourth-order valence-electron chi connectivity index (χ4n) is 2.95. The molecule has 0 saturated carbocycles. The van der Waals surface area contributed by atoms with Gasteiger partial charge in [0.05, 0.1) is 13.2 Å². The molecule has 136 valence electrons.